The Balaban J connectivity index is 1.95. The molecule has 0 aromatic heterocycles. The molecule has 5 N–H and O–H groups in total. The van der Waals surface area contributed by atoms with Gasteiger partial charge >= 0.3 is 34.5 Å². The molecule has 1 atom stereocenters. The van der Waals surface area contributed by atoms with Gasteiger partial charge in [0, 0.05) is 47.6 Å². The van der Waals surface area contributed by atoms with Crippen molar-refractivity contribution in [2.45, 2.75) is 127 Å². The average molecular weight is 926 g/mol. The standard InChI is InChI=1S/C41H63Cl2N3O14S/c42-31-27-32(43)40(34(28-31)61-55)60-39(52)30-59-26-24-57-22-20-45-37(49)29-58-25-23-56-21-19-44-35(47)18-17-33(41(53)54)46-36(48)15-13-11-9-7-5-3-1-2-4-6-8-10-12-14-16-38(50)51/h27-28,33H,1-26,29-30H2,(H4-,44,45,46,47,48,49,50,51,53,54)/p+1/t33-/m0/s1. The number of carboxylic acid groups (broad SMARTS) is 2. The van der Waals surface area contributed by atoms with E-state index >= 15 is 0 Å². The van der Waals surface area contributed by atoms with Crippen LogP contribution in [-0.2, 0) is 63.6 Å². The number of unbranched alkanes of at least 4 members (excludes halogenated alkanes) is 13. The van der Waals surface area contributed by atoms with Gasteiger partial charge < -0.3 is 49.8 Å². The van der Waals surface area contributed by atoms with E-state index in [1.54, 1.807) is 0 Å². The first-order valence-electron chi connectivity index (χ1n) is 21.0. The normalized spacial score (nSPS) is 11.4. The van der Waals surface area contributed by atoms with Crippen molar-refractivity contribution in [1.82, 2.24) is 16.0 Å². The summed E-state index contributed by atoms with van der Waals surface area (Å²) in [6.45, 7) is 0.733. The van der Waals surface area contributed by atoms with Gasteiger partial charge in [-0.2, -0.15) is 0 Å². The molecule has 0 unspecified atom stereocenters. The maximum atomic E-state index is 12.3. The van der Waals surface area contributed by atoms with Crippen molar-refractivity contribution in [2.75, 3.05) is 65.9 Å². The van der Waals surface area contributed by atoms with Crippen molar-refractivity contribution >= 4 is 70.5 Å². The smallest absolute Gasteiger partial charge is 0.481 e. The van der Waals surface area contributed by atoms with E-state index < -0.39 is 30.6 Å². The summed E-state index contributed by atoms with van der Waals surface area (Å²) in [6.07, 6.45) is 15.4. The summed E-state index contributed by atoms with van der Waals surface area (Å²) in [6, 6.07) is 1.53. The van der Waals surface area contributed by atoms with Gasteiger partial charge in [0.25, 0.3) is 0 Å². The minimum absolute atomic E-state index is 0.0215. The zero-order chi connectivity index (χ0) is 44.9. The first kappa shape index (κ1) is 55.5. The maximum absolute atomic E-state index is 12.3. The van der Waals surface area contributed by atoms with E-state index in [0.29, 0.717) is 6.42 Å². The number of carboxylic acids is 2. The highest BCUT2D eigenvalue weighted by Gasteiger charge is 2.24. The van der Waals surface area contributed by atoms with Gasteiger partial charge in [-0.1, -0.05) is 100 Å². The van der Waals surface area contributed by atoms with Gasteiger partial charge in [-0.15, -0.1) is 0 Å². The van der Waals surface area contributed by atoms with Gasteiger partial charge in [-0.05, 0) is 25.3 Å². The molecule has 0 aliphatic rings. The Labute approximate surface area is 372 Å². The number of esters is 1. The second-order valence-corrected chi connectivity index (χ2v) is 15.6. The molecule has 0 radical (unpaired) electrons. The molecule has 0 aliphatic carbocycles. The van der Waals surface area contributed by atoms with E-state index in [9.17, 15) is 38.1 Å². The fourth-order valence-electron chi connectivity index (χ4n) is 5.75. The number of aliphatic carboxylic acids is 2. The van der Waals surface area contributed by atoms with Gasteiger partial charge in [-0.3, -0.25) is 19.2 Å². The Morgan fingerprint density at radius 3 is 1.61 bits per heavy atom. The molecule has 0 spiro atoms. The van der Waals surface area contributed by atoms with Gasteiger partial charge in [0.1, 0.15) is 19.3 Å². The number of ether oxygens (including phenoxy) is 5. The van der Waals surface area contributed by atoms with E-state index in [-0.39, 0.29) is 135 Å². The zero-order valence-electron chi connectivity index (χ0n) is 35.0. The number of rotatable bonds is 40. The summed E-state index contributed by atoms with van der Waals surface area (Å²) in [5.74, 6) is -3.82. The summed E-state index contributed by atoms with van der Waals surface area (Å²) >= 11 is 11.9. The van der Waals surface area contributed by atoms with Crippen molar-refractivity contribution in [3.8, 4) is 5.75 Å². The Kier molecular flexibility index (Phi) is 33.7. The van der Waals surface area contributed by atoms with Crippen LogP contribution in [0.5, 0.6) is 5.75 Å². The summed E-state index contributed by atoms with van der Waals surface area (Å²) in [4.78, 5) is 70.6. The van der Waals surface area contributed by atoms with Crippen molar-refractivity contribution in [2.24, 2.45) is 0 Å². The quantitative estimate of drug-likeness (QED) is 0.0231. The van der Waals surface area contributed by atoms with Crippen LogP contribution >= 0.6 is 23.2 Å². The second kappa shape index (κ2) is 37.1. The molecule has 0 fully saturated rings. The van der Waals surface area contributed by atoms with Crippen LogP contribution in [0, 0.1) is 0 Å². The van der Waals surface area contributed by atoms with Gasteiger partial charge in [-0.25, -0.2) is 9.59 Å². The summed E-state index contributed by atoms with van der Waals surface area (Å²) in [7, 11) is 0. The number of halogens is 2. The Morgan fingerprint density at radius 1 is 0.590 bits per heavy atom. The molecule has 0 heterocycles. The van der Waals surface area contributed by atoms with Crippen LogP contribution in [0.1, 0.15) is 116 Å². The van der Waals surface area contributed by atoms with Crippen molar-refractivity contribution in [1.29, 1.82) is 0 Å². The van der Waals surface area contributed by atoms with Gasteiger partial charge in [0.15, 0.2) is 0 Å². The number of amides is 3. The molecule has 0 saturated heterocycles. The minimum Gasteiger partial charge on any atom is -0.481 e. The number of carbonyl (C=O) groups excluding carboxylic acids is 4. The predicted molar refractivity (Wildman–Crippen MR) is 228 cm³/mol. The molecule has 0 aliphatic heterocycles. The molecule has 17 nitrogen and oxygen atoms in total. The van der Waals surface area contributed by atoms with E-state index in [4.69, 9.17) is 52.0 Å². The third-order valence-corrected chi connectivity index (χ3v) is 9.93. The second-order valence-electron chi connectivity index (χ2n) is 14.1. The molecular formula is C41H64Cl2N3O14S+. The molecular weight excluding hydrogens is 861 g/mol. The lowest BCUT2D eigenvalue weighted by atomic mass is 10.0. The van der Waals surface area contributed by atoms with Gasteiger partial charge in [0.05, 0.1) is 44.7 Å². The van der Waals surface area contributed by atoms with Crippen LogP contribution in [-0.4, -0.2) is 118 Å². The van der Waals surface area contributed by atoms with Crippen LogP contribution in [0.25, 0.3) is 0 Å². The SMILES string of the molecule is O=[S+]c1cc(Cl)cc(Cl)c1OC(=O)COCCOCCNC(=O)COCCOCCNC(=O)CC[C@H](NC(=O)CCCCCCCCCCCCCCCCC(=O)O)C(=O)O. The van der Waals surface area contributed by atoms with E-state index in [0.717, 1.165) is 44.9 Å². The third-order valence-electron chi connectivity index (χ3n) is 8.95. The lowest BCUT2D eigenvalue weighted by Crippen LogP contribution is -2.41. The first-order chi connectivity index (χ1) is 29.4. The molecule has 0 bridgehead atoms. The summed E-state index contributed by atoms with van der Waals surface area (Å²) in [5, 5.41) is 26.2. The largest absolute Gasteiger partial charge is 0.509 e. The van der Waals surface area contributed by atoms with Crippen LogP contribution in [0.15, 0.2) is 17.0 Å². The molecule has 1 aromatic carbocycles. The van der Waals surface area contributed by atoms with Crippen LogP contribution in [0.2, 0.25) is 10.0 Å². The molecule has 346 valence electrons. The van der Waals surface area contributed by atoms with E-state index in [2.05, 4.69) is 16.0 Å². The lowest BCUT2D eigenvalue weighted by molar-refractivity contribution is -0.142. The molecule has 1 rings (SSSR count). The van der Waals surface area contributed by atoms with Crippen LogP contribution < -0.4 is 20.7 Å². The molecule has 20 heteroatoms. The van der Waals surface area contributed by atoms with Crippen molar-refractivity contribution in [3.63, 3.8) is 0 Å². The highest BCUT2D eigenvalue weighted by molar-refractivity contribution is 7.65. The number of nitrogens with one attached hydrogen (secondary N) is 3. The topological polar surface area (TPSA) is 242 Å². The van der Waals surface area contributed by atoms with Crippen molar-refractivity contribution in [3.05, 3.63) is 22.2 Å². The summed E-state index contributed by atoms with van der Waals surface area (Å²) in [5.41, 5.74) is 0. The Morgan fingerprint density at radius 2 is 1.08 bits per heavy atom. The highest BCUT2D eigenvalue weighted by Crippen LogP contribution is 2.33. The predicted octanol–water partition coefficient (Wildman–Crippen LogP) is 5.66. The average Bonchev–Trinajstić information content (AvgIpc) is 3.21. The maximum Gasteiger partial charge on any atom is 0.509 e. The molecule has 0 saturated carbocycles. The molecule has 1 aromatic rings. The number of hydrogen-bond acceptors (Lipinski definition) is 12. The monoisotopic (exact) mass is 924 g/mol. The molecule has 61 heavy (non-hydrogen) atoms. The van der Waals surface area contributed by atoms with Crippen LogP contribution in [0.3, 0.4) is 0 Å². The van der Waals surface area contributed by atoms with Crippen molar-refractivity contribution < 1.29 is 66.9 Å². The lowest BCUT2D eigenvalue weighted by Gasteiger charge is -2.14. The summed E-state index contributed by atoms with van der Waals surface area (Å²) < 4.78 is 37.5. The molecule has 3 amide bonds. The first-order valence-corrected chi connectivity index (χ1v) is 22.5. The number of hydrogen-bond donors (Lipinski definition) is 5. The fraction of sp³-hybridized carbons (Fsp3) is 0.707. The Bertz CT molecular complexity index is 1460. The third kappa shape index (κ3) is 31.9. The van der Waals surface area contributed by atoms with Gasteiger partial charge in [0.2, 0.25) is 23.5 Å². The van der Waals surface area contributed by atoms with E-state index in [1.165, 1.54) is 50.7 Å². The Hall–Kier alpha value is -3.52. The zero-order valence-corrected chi connectivity index (χ0v) is 37.3. The number of benzene rings is 1. The van der Waals surface area contributed by atoms with Crippen LogP contribution in [0.4, 0.5) is 0 Å². The number of carbonyl (C=O) groups is 6. The minimum atomic E-state index is -1.19. The highest BCUT2D eigenvalue weighted by atomic mass is 35.5. The fourth-order valence-corrected chi connectivity index (χ4v) is 6.80. The van der Waals surface area contributed by atoms with E-state index in [1.807, 2.05) is 0 Å².